The van der Waals surface area contributed by atoms with E-state index in [9.17, 15) is 14.9 Å². The van der Waals surface area contributed by atoms with Gasteiger partial charge in [0.2, 0.25) is 5.15 Å². The normalized spacial score (nSPS) is 19.6. The summed E-state index contributed by atoms with van der Waals surface area (Å²) in [5.74, 6) is -0.552. The van der Waals surface area contributed by atoms with Gasteiger partial charge in [-0.2, -0.15) is 0 Å². The molecule has 0 radical (unpaired) electrons. The number of rotatable bonds is 4. The van der Waals surface area contributed by atoms with Crippen LogP contribution in [0.1, 0.15) is 30.1 Å². The summed E-state index contributed by atoms with van der Waals surface area (Å²) in [5.41, 5.74) is -0.578. The lowest BCUT2D eigenvalue weighted by molar-refractivity contribution is -0.385. The highest BCUT2D eigenvalue weighted by atomic mass is 35.5. The number of ether oxygens (including phenoxy) is 1. The number of carbonyl (C=O) groups is 1. The first-order chi connectivity index (χ1) is 9.50. The molecule has 7 nitrogen and oxygen atoms in total. The van der Waals surface area contributed by atoms with Gasteiger partial charge in [-0.05, 0) is 25.8 Å². The second kappa shape index (κ2) is 6.15. The number of hydrogen-bond acceptors (Lipinski definition) is 5. The van der Waals surface area contributed by atoms with Crippen molar-refractivity contribution in [3.05, 3.63) is 33.1 Å². The SMILES string of the molecule is CC(NC(=O)c1ccnc(Cl)c1[N+](=O)[O-])C1CCCO1. The van der Waals surface area contributed by atoms with E-state index >= 15 is 0 Å². The van der Waals surface area contributed by atoms with Gasteiger partial charge in [-0.25, -0.2) is 4.98 Å². The molecule has 1 fully saturated rings. The van der Waals surface area contributed by atoms with E-state index in [-0.39, 0.29) is 22.9 Å². The van der Waals surface area contributed by atoms with Gasteiger partial charge in [-0.3, -0.25) is 14.9 Å². The Labute approximate surface area is 120 Å². The third kappa shape index (κ3) is 3.05. The summed E-state index contributed by atoms with van der Waals surface area (Å²) in [4.78, 5) is 26.0. The van der Waals surface area contributed by atoms with Crippen LogP contribution in [0.4, 0.5) is 5.69 Å². The highest BCUT2D eigenvalue weighted by Gasteiger charge is 2.28. The smallest absolute Gasteiger partial charge is 0.319 e. The van der Waals surface area contributed by atoms with E-state index in [4.69, 9.17) is 16.3 Å². The summed E-state index contributed by atoms with van der Waals surface area (Å²) >= 11 is 5.67. The van der Waals surface area contributed by atoms with Crippen LogP contribution >= 0.6 is 11.6 Å². The molecule has 0 aliphatic carbocycles. The van der Waals surface area contributed by atoms with Gasteiger partial charge in [0.1, 0.15) is 5.56 Å². The zero-order valence-electron chi connectivity index (χ0n) is 10.8. The molecule has 108 valence electrons. The van der Waals surface area contributed by atoms with Crippen LogP contribution in [0.25, 0.3) is 0 Å². The molecule has 1 aromatic rings. The Morgan fingerprint density at radius 3 is 3.05 bits per heavy atom. The fraction of sp³-hybridized carbons (Fsp3) is 0.500. The molecule has 8 heteroatoms. The van der Waals surface area contributed by atoms with E-state index in [1.165, 1.54) is 12.3 Å². The van der Waals surface area contributed by atoms with Crippen LogP contribution in [0, 0.1) is 10.1 Å². The average Bonchev–Trinajstić information content (AvgIpc) is 2.91. The zero-order chi connectivity index (χ0) is 14.7. The fourth-order valence-electron chi connectivity index (χ4n) is 2.16. The second-order valence-electron chi connectivity index (χ2n) is 4.57. The van der Waals surface area contributed by atoms with Crippen molar-refractivity contribution in [1.29, 1.82) is 0 Å². The largest absolute Gasteiger partial charge is 0.376 e. The van der Waals surface area contributed by atoms with Gasteiger partial charge in [0, 0.05) is 12.8 Å². The lowest BCUT2D eigenvalue weighted by Gasteiger charge is -2.19. The Morgan fingerprint density at radius 2 is 2.45 bits per heavy atom. The Hall–Kier alpha value is -1.73. The van der Waals surface area contributed by atoms with E-state index in [0.29, 0.717) is 6.61 Å². The highest BCUT2D eigenvalue weighted by molar-refractivity contribution is 6.32. The molecular formula is C12H14ClN3O4. The molecule has 2 unspecified atom stereocenters. The highest BCUT2D eigenvalue weighted by Crippen LogP contribution is 2.26. The summed E-state index contributed by atoms with van der Waals surface area (Å²) in [6.45, 7) is 2.48. The van der Waals surface area contributed by atoms with Crippen molar-refractivity contribution < 1.29 is 14.5 Å². The van der Waals surface area contributed by atoms with Crippen LogP contribution in [-0.2, 0) is 4.74 Å². The van der Waals surface area contributed by atoms with E-state index in [1.807, 2.05) is 6.92 Å². The molecule has 0 saturated carbocycles. The van der Waals surface area contributed by atoms with Crippen LogP contribution in [0.15, 0.2) is 12.3 Å². The van der Waals surface area contributed by atoms with Gasteiger partial charge in [-0.15, -0.1) is 0 Å². The molecule has 1 aliphatic heterocycles. The van der Waals surface area contributed by atoms with Gasteiger partial charge in [0.05, 0.1) is 17.1 Å². The van der Waals surface area contributed by atoms with Crippen molar-refractivity contribution >= 4 is 23.2 Å². The van der Waals surface area contributed by atoms with Crippen LogP contribution in [-0.4, -0.2) is 34.6 Å². The van der Waals surface area contributed by atoms with Crippen molar-refractivity contribution in [3.8, 4) is 0 Å². The third-order valence-electron chi connectivity index (χ3n) is 3.19. The summed E-state index contributed by atoms with van der Waals surface area (Å²) in [7, 11) is 0. The molecule has 2 rings (SSSR count). The quantitative estimate of drug-likeness (QED) is 0.521. The van der Waals surface area contributed by atoms with Crippen molar-refractivity contribution in [2.24, 2.45) is 0 Å². The van der Waals surface area contributed by atoms with Gasteiger partial charge in [0.15, 0.2) is 0 Å². The standard InChI is InChI=1S/C12H14ClN3O4/c1-7(9-3-2-6-20-9)15-12(17)8-4-5-14-11(13)10(8)16(18)19/h4-5,7,9H,2-3,6H2,1H3,(H,15,17). The van der Waals surface area contributed by atoms with E-state index < -0.39 is 16.5 Å². The number of nitrogens with one attached hydrogen (secondary N) is 1. The van der Waals surface area contributed by atoms with Gasteiger partial charge >= 0.3 is 5.69 Å². The van der Waals surface area contributed by atoms with Crippen molar-refractivity contribution in [2.75, 3.05) is 6.61 Å². The summed E-state index contributed by atoms with van der Waals surface area (Å²) in [6.07, 6.45) is 3.02. The number of amides is 1. The minimum atomic E-state index is -0.707. The molecule has 1 aliphatic rings. The zero-order valence-corrected chi connectivity index (χ0v) is 11.6. The van der Waals surface area contributed by atoms with Crippen LogP contribution in [0.5, 0.6) is 0 Å². The van der Waals surface area contributed by atoms with Gasteiger partial charge < -0.3 is 10.1 Å². The molecular weight excluding hydrogens is 286 g/mol. The van der Waals surface area contributed by atoms with Crippen LogP contribution < -0.4 is 5.32 Å². The average molecular weight is 300 g/mol. The predicted octanol–water partition coefficient (Wildman–Crippen LogP) is 1.94. The fourth-order valence-corrected chi connectivity index (χ4v) is 2.39. The Morgan fingerprint density at radius 1 is 1.70 bits per heavy atom. The lowest BCUT2D eigenvalue weighted by atomic mass is 10.1. The van der Waals surface area contributed by atoms with Crippen molar-refractivity contribution in [1.82, 2.24) is 10.3 Å². The third-order valence-corrected chi connectivity index (χ3v) is 3.46. The molecule has 1 N–H and O–H groups in total. The Kier molecular flexibility index (Phi) is 4.51. The number of nitrogens with zero attached hydrogens (tertiary/aromatic N) is 2. The first-order valence-corrected chi connectivity index (χ1v) is 6.60. The summed E-state index contributed by atoms with van der Waals surface area (Å²) < 4.78 is 5.47. The predicted molar refractivity (Wildman–Crippen MR) is 71.8 cm³/mol. The number of pyridine rings is 1. The summed E-state index contributed by atoms with van der Waals surface area (Å²) in [6, 6.07) is 1.05. The minimum Gasteiger partial charge on any atom is -0.376 e. The molecule has 2 heterocycles. The van der Waals surface area contributed by atoms with E-state index in [0.717, 1.165) is 12.8 Å². The lowest BCUT2D eigenvalue weighted by Crippen LogP contribution is -2.41. The van der Waals surface area contributed by atoms with E-state index in [1.54, 1.807) is 0 Å². The minimum absolute atomic E-state index is 0.0599. The number of hydrogen-bond donors (Lipinski definition) is 1. The Balaban J connectivity index is 2.16. The van der Waals surface area contributed by atoms with Crippen molar-refractivity contribution in [3.63, 3.8) is 0 Å². The topological polar surface area (TPSA) is 94.4 Å². The molecule has 20 heavy (non-hydrogen) atoms. The van der Waals surface area contributed by atoms with Crippen LogP contribution in [0.3, 0.4) is 0 Å². The van der Waals surface area contributed by atoms with E-state index in [2.05, 4.69) is 10.3 Å². The number of halogens is 1. The molecule has 2 atom stereocenters. The molecule has 1 amide bonds. The monoisotopic (exact) mass is 299 g/mol. The Bertz CT molecular complexity index is 531. The van der Waals surface area contributed by atoms with Crippen LogP contribution in [0.2, 0.25) is 5.15 Å². The second-order valence-corrected chi connectivity index (χ2v) is 4.93. The molecule has 0 aromatic carbocycles. The summed E-state index contributed by atoms with van der Waals surface area (Å²) in [5, 5.41) is 13.4. The van der Waals surface area contributed by atoms with Gasteiger partial charge in [-0.1, -0.05) is 11.6 Å². The first kappa shape index (κ1) is 14.7. The molecule has 0 bridgehead atoms. The maximum absolute atomic E-state index is 12.1. The molecule has 0 spiro atoms. The molecule has 1 aromatic heterocycles. The number of aromatic nitrogens is 1. The van der Waals surface area contributed by atoms with Gasteiger partial charge in [0.25, 0.3) is 5.91 Å². The maximum atomic E-state index is 12.1. The van der Waals surface area contributed by atoms with Crippen molar-refractivity contribution in [2.45, 2.75) is 31.9 Å². The maximum Gasteiger partial charge on any atom is 0.319 e. The number of nitro groups is 1. The molecule has 1 saturated heterocycles. The first-order valence-electron chi connectivity index (χ1n) is 6.22. The number of carbonyl (C=O) groups excluding carboxylic acids is 1.